The minimum Gasteiger partial charge on any atom is -0.322 e. The van der Waals surface area contributed by atoms with E-state index >= 15 is 0 Å². The average molecular weight is 351 g/mol. The lowest BCUT2D eigenvalue weighted by Gasteiger charge is -2.07. The summed E-state index contributed by atoms with van der Waals surface area (Å²) in [7, 11) is 0. The Morgan fingerprint density at radius 1 is 1.20 bits per heavy atom. The Morgan fingerprint density at radius 3 is 2.60 bits per heavy atom. The maximum absolute atomic E-state index is 11.9. The summed E-state index contributed by atoms with van der Waals surface area (Å²) < 4.78 is 0.969. The van der Waals surface area contributed by atoms with E-state index < -0.39 is 0 Å². The van der Waals surface area contributed by atoms with Gasteiger partial charge in [-0.3, -0.25) is 4.79 Å². The van der Waals surface area contributed by atoms with Gasteiger partial charge < -0.3 is 5.32 Å². The molecule has 1 N–H and O–H groups in total. The van der Waals surface area contributed by atoms with E-state index in [2.05, 4.69) is 21.2 Å². The maximum Gasteiger partial charge on any atom is 0.248 e. The molecule has 0 aliphatic carbocycles. The Labute approximate surface area is 131 Å². The van der Waals surface area contributed by atoms with Crippen molar-refractivity contribution in [3.63, 3.8) is 0 Å². The number of benzene rings is 2. The molecule has 2 aromatic carbocycles. The van der Waals surface area contributed by atoms with E-state index in [1.807, 2.05) is 37.3 Å². The quantitative estimate of drug-likeness (QED) is 0.770. The zero-order chi connectivity index (χ0) is 14.5. The predicted molar refractivity (Wildman–Crippen MR) is 88.0 cm³/mol. The highest BCUT2D eigenvalue weighted by Gasteiger charge is 2.03. The van der Waals surface area contributed by atoms with Gasteiger partial charge in [-0.25, -0.2) is 0 Å². The van der Waals surface area contributed by atoms with Gasteiger partial charge in [0.1, 0.15) is 0 Å². The van der Waals surface area contributed by atoms with Crippen LogP contribution in [-0.4, -0.2) is 5.91 Å². The van der Waals surface area contributed by atoms with Crippen LogP contribution in [0.3, 0.4) is 0 Å². The van der Waals surface area contributed by atoms with Crippen molar-refractivity contribution in [3.8, 4) is 0 Å². The van der Waals surface area contributed by atoms with Gasteiger partial charge in [0, 0.05) is 21.3 Å². The van der Waals surface area contributed by atoms with Gasteiger partial charge >= 0.3 is 0 Å². The monoisotopic (exact) mass is 349 g/mol. The van der Waals surface area contributed by atoms with Crippen molar-refractivity contribution in [2.24, 2.45) is 0 Å². The summed E-state index contributed by atoms with van der Waals surface area (Å²) in [6.45, 7) is 1.95. The normalized spacial score (nSPS) is 10.8. The molecule has 0 aromatic heterocycles. The van der Waals surface area contributed by atoms with Gasteiger partial charge in [-0.05, 0) is 48.4 Å². The molecule has 2 aromatic rings. The third kappa shape index (κ3) is 3.95. The van der Waals surface area contributed by atoms with Crippen LogP contribution >= 0.6 is 27.5 Å². The zero-order valence-corrected chi connectivity index (χ0v) is 13.2. The Kier molecular flexibility index (Phi) is 4.99. The van der Waals surface area contributed by atoms with E-state index in [9.17, 15) is 4.79 Å². The standard InChI is InChI=1S/C16H13BrClNO/c1-11-14(17)3-2-4-15(11)19-16(20)10-7-12-5-8-13(18)9-6-12/h2-10H,1H3,(H,19,20)/b10-7+. The number of amides is 1. The Morgan fingerprint density at radius 2 is 1.90 bits per heavy atom. The molecule has 0 bridgehead atoms. The van der Waals surface area contributed by atoms with Crippen LogP contribution < -0.4 is 5.32 Å². The second kappa shape index (κ2) is 6.73. The number of hydrogen-bond donors (Lipinski definition) is 1. The molecule has 1 amide bonds. The van der Waals surface area contributed by atoms with Gasteiger partial charge in [0.05, 0.1) is 0 Å². The first-order chi connectivity index (χ1) is 9.56. The molecule has 0 atom stereocenters. The van der Waals surface area contributed by atoms with Crippen LogP contribution in [0.1, 0.15) is 11.1 Å². The summed E-state index contributed by atoms with van der Waals surface area (Å²) in [6, 6.07) is 13.0. The van der Waals surface area contributed by atoms with Gasteiger partial charge in [-0.15, -0.1) is 0 Å². The van der Waals surface area contributed by atoms with Crippen molar-refractivity contribution in [1.29, 1.82) is 0 Å². The van der Waals surface area contributed by atoms with Crippen molar-refractivity contribution < 1.29 is 4.79 Å². The molecule has 0 spiro atoms. The van der Waals surface area contributed by atoms with Gasteiger partial charge in [0.2, 0.25) is 5.91 Å². The number of nitrogens with one attached hydrogen (secondary N) is 1. The van der Waals surface area contributed by atoms with Crippen LogP contribution in [0.25, 0.3) is 6.08 Å². The van der Waals surface area contributed by atoms with Crippen LogP contribution in [0.4, 0.5) is 5.69 Å². The van der Waals surface area contributed by atoms with E-state index in [0.29, 0.717) is 5.02 Å². The highest BCUT2D eigenvalue weighted by molar-refractivity contribution is 9.10. The summed E-state index contributed by atoms with van der Waals surface area (Å²) in [4.78, 5) is 11.9. The largest absolute Gasteiger partial charge is 0.322 e. The van der Waals surface area contributed by atoms with Gasteiger partial charge in [0.15, 0.2) is 0 Å². The third-order valence-corrected chi connectivity index (χ3v) is 3.93. The van der Waals surface area contributed by atoms with Crippen LogP contribution in [0.5, 0.6) is 0 Å². The second-order valence-electron chi connectivity index (χ2n) is 4.29. The van der Waals surface area contributed by atoms with E-state index in [0.717, 1.165) is 21.3 Å². The van der Waals surface area contributed by atoms with E-state index in [-0.39, 0.29) is 5.91 Å². The molecular formula is C16H13BrClNO. The molecule has 0 radical (unpaired) electrons. The van der Waals surface area contributed by atoms with Crippen LogP contribution in [0.15, 0.2) is 53.0 Å². The summed E-state index contributed by atoms with van der Waals surface area (Å²) in [5, 5.41) is 3.53. The van der Waals surface area contributed by atoms with Crippen molar-refractivity contribution in [3.05, 3.63) is 69.2 Å². The van der Waals surface area contributed by atoms with Gasteiger partial charge in [0.25, 0.3) is 0 Å². The Balaban J connectivity index is 2.05. The number of rotatable bonds is 3. The molecule has 0 saturated carbocycles. The lowest BCUT2D eigenvalue weighted by atomic mass is 10.2. The molecule has 4 heteroatoms. The third-order valence-electron chi connectivity index (χ3n) is 2.82. The zero-order valence-electron chi connectivity index (χ0n) is 10.9. The summed E-state index contributed by atoms with van der Waals surface area (Å²) in [5.41, 5.74) is 2.72. The highest BCUT2D eigenvalue weighted by atomic mass is 79.9. The van der Waals surface area contributed by atoms with E-state index in [4.69, 9.17) is 11.6 Å². The van der Waals surface area contributed by atoms with Crippen LogP contribution in [0.2, 0.25) is 5.02 Å². The van der Waals surface area contributed by atoms with Crippen molar-refractivity contribution in [1.82, 2.24) is 0 Å². The molecule has 0 aliphatic heterocycles. The van der Waals surface area contributed by atoms with Crippen molar-refractivity contribution in [2.75, 3.05) is 5.32 Å². The van der Waals surface area contributed by atoms with E-state index in [1.165, 1.54) is 6.08 Å². The lowest BCUT2D eigenvalue weighted by molar-refractivity contribution is -0.111. The fourth-order valence-electron chi connectivity index (χ4n) is 1.66. The fraction of sp³-hybridized carbons (Fsp3) is 0.0625. The molecule has 2 nitrogen and oxygen atoms in total. The molecule has 102 valence electrons. The molecule has 0 heterocycles. The first-order valence-corrected chi connectivity index (χ1v) is 7.23. The summed E-state index contributed by atoms with van der Waals surface area (Å²) >= 11 is 9.24. The highest BCUT2D eigenvalue weighted by Crippen LogP contribution is 2.23. The molecule has 0 aliphatic rings. The molecule has 20 heavy (non-hydrogen) atoms. The molecular weight excluding hydrogens is 338 g/mol. The molecule has 0 fully saturated rings. The fourth-order valence-corrected chi connectivity index (χ4v) is 2.16. The van der Waals surface area contributed by atoms with Crippen LogP contribution in [0, 0.1) is 6.92 Å². The number of hydrogen-bond acceptors (Lipinski definition) is 1. The van der Waals surface area contributed by atoms with Crippen LogP contribution in [-0.2, 0) is 4.79 Å². The Hall–Kier alpha value is -1.58. The van der Waals surface area contributed by atoms with Crippen molar-refractivity contribution >= 4 is 45.2 Å². The van der Waals surface area contributed by atoms with Crippen molar-refractivity contribution in [2.45, 2.75) is 6.92 Å². The molecule has 2 rings (SSSR count). The van der Waals surface area contributed by atoms with Gasteiger partial charge in [-0.1, -0.05) is 45.7 Å². The smallest absolute Gasteiger partial charge is 0.248 e. The number of carbonyl (C=O) groups is 1. The number of halogens is 2. The lowest BCUT2D eigenvalue weighted by Crippen LogP contribution is -2.08. The minimum atomic E-state index is -0.166. The SMILES string of the molecule is Cc1c(Br)cccc1NC(=O)/C=C/c1ccc(Cl)cc1. The predicted octanol–water partition coefficient (Wildman–Crippen LogP) is 5.06. The number of anilines is 1. The second-order valence-corrected chi connectivity index (χ2v) is 5.58. The van der Waals surface area contributed by atoms with E-state index in [1.54, 1.807) is 18.2 Å². The molecule has 0 unspecified atom stereocenters. The topological polar surface area (TPSA) is 29.1 Å². The summed E-state index contributed by atoms with van der Waals surface area (Å²) in [6.07, 6.45) is 3.25. The Bertz CT molecular complexity index is 650. The first-order valence-electron chi connectivity index (χ1n) is 6.06. The molecule has 0 saturated heterocycles. The first kappa shape index (κ1) is 14.8. The van der Waals surface area contributed by atoms with Gasteiger partial charge in [-0.2, -0.15) is 0 Å². The summed E-state index contributed by atoms with van der Waals surface area (Å²) in [5.74, 6) is -0.166. The maximum atomic E-state index is 11.9. The minimum absolute atomic E-state index is 0.166. The number of carbonyl (C=O) groups excluding carboxylic acids is 1. The average Bonchev–Trinajstić information content (AvgIpc) is 2.43.